The van der Waals surface area contributed by atoms with Gasteiger partial charge in [-0.25, -0.2) is 4.98 Å². The first-order chi connectivity index (χ1) is 12.2. The molecule has 3 aromatic rings. The minimum Gasteiger partial charge on any atom is -0.457 e. The van der Waals surface area contributed by atoms with Crippen molar-refractivity contribution in [3.05, 3.63) is 60.4 Å². The van der Waals surface area contributed by atoms with Crippen molar-refractivity contribution in [1.82, 2.24) is 15.2 Å². The Kier molecular flexibility index (Phi) is 5.69. The van der Waals surface area contributed by atoms with Crippen LogP contribution in [-0.2, 0) is 11.2 Å². The van der Waals surface area contributed by atoms with Crippen molar-refractivity contribution < 1.29 is 9.53 Å². The van der Waals surface area contributed by atoms with Crippen molar-refractivity contribution in [2.24, 2.45) is 0 Å². The maximum Gasteiger partial charge on any atom is 0.234 e. The SMILES string of the molecule is CCc1nc(SCC(=O)Nc2ccc(Oc3ccccc3)cc2)n[nH]1. The smallest absolute Gasteiger partial charge is 0.234 e. The van der Waals surface area contributed by atoms with Crippen molar-refractivity contribution in [3.63, 3.8) is 0 Å². The number of carbonyl (C=O) groups is 1. The number of thioether (sulfide) groups is 1. The van der Waals surface area contributed by atoms with Gasteiger partial charge in [-0.3, -0.25) is 9.89 Å². The van der Waals surface area contributed by atoms with E-state index in [-0.39, 0.29) is 11.7 Å². The van der Waals surface area contributed by atoms with Gasteiger partial charge >= 0.3 is 0 Å². The fourth-order valence-electron chi connectivity index (χ4n) is 2.06. The summed E-state index contributed by atoms with van der Waals surface area (Å²) in [6, 6.07) is 16.8. The largest absolute Gasteiger partial charge is 0.457 e. The Morgan fingerprint density at radius 3 is 2.52 bits per heavy atom. The normalized spacial score (nSPS) is 10.4. The van der Waals surface area contributed by atoms with E-state index in [1.165, 1.54) is 11.8 Å². The molecule has 1 aromatic heterocycles. The lowest BCUT2D eigenvalue weighted by molar-refractivity contribution is -0.113. The highest BCUT2D eigenvalue weighted by Crippen LogP contribution is 2.22. The maximum absolute atomic E-state index is 12.0. The number of hydrogen-bond donors (Lipinski definition) is 2. The first-order valence-electron chi connectivity index (χ1n) is 7.90. The lowest BCUT2D eigenvalue weighted by Gasteiger charge is -2.07. The Morgan fingerprint density at radius 1 is 1.12 bits per heavy atom. The average Bonchev–Trinajstić information content (AvgIpc) is 3.11. The van der Waals surface area contributed by atoms with Gasteiger partial charge in [0, 0.05) is 12.1 Å². The van der Waals surface area contributed by atoms with Gasteiger partial charge in [-0.2, -0.15) is 0 Å². The molecular weight excluding hydrogens is 336 g/mol. The van der Waals surface area contributed by atoms with Gasteiger partial charge in [0.25, 0.3) is 0 Å². The number of carbonyl (C=O) groups excluding carboxylic acids is 1. The molecule has 0 unspecified atom stereocenters. The Hall–Kier alpha value is -2.80. The van der Waals surface area contributed by atoms with Crippen molar-refractivity contribution in [2.45, 2.75) is 18.5 Å². The van der Waals surface area contributed by atoms with Gasteiger partial charge in [-0.05, 0) is 36.4 Å². The van der Waals surface area contributed by atoms with Crippen LogP contribution in [0.1, 0.15) is 12.7 Å². The van der Waals surface area contributed by atoms with E-state index in [2.05, 4.69) is 20.5 Å². The number of hydrogen-bond acceptors (Lipinski definition) is 5. The highest BCUT2D eigenvalue weighted by molar-refractivity contribution is 7.99. The van der Waals surface area contributed by atoms with E-state index in [9.17, 15) is 4.79 Å². The number of amides is 1. The molecule has 0 fully saturated rings. The average molecular weight is 354 g/mol. The summed E-state index contributed by atoms with van der Waals surface area (Å²) in [6.07, 6.45) is 0.789. The predicted molar refractivity (Wildman–Crippen MR) is 98.1 cm³/mol. The van der Waals surface area contributed by atoms with Gasteiger partial charge in [-0.15, -0.1) is 5.10 Å². The van der Waals surface area contributed by atoms with E-state index in [4.69, 9.17) is 4.74 Å². The number of para-hydroxylation sites is 1. The number of aromatic nitrogens is 3. The molecule has 2 aromatic carbocycles. The summed E-state index contributed by atoms with van der Waals surface area (Å²) in [7, 11) is 0. The minimum absolute atomic E-state index is 0.107. The Balaban J connectivity index is 1.49. The highest BCUT2D eigenvalue weighted by Gasteiger charge is 2.07. The number of benzene rings is 2. The van der Waals surface area contributed by atoms with Crippen LogP contribution in [0.15, 0.2) is 59.8 Å². The molecule has 128 valence electrons. The number of ether oxygens (including phenoxy) is 1. The molecule has 0 saturated heterocycles. The standard InChI is InChI=1S/C18H18N4O2S/c1-2-16-20-18(22-21-16)25-12-17(23)19-13-8-10-15(11-9-13)24-14-6-4-3-5-7-14/h3-11H,2,12H2,1H3,(H,19,23)(H,20,21,22). The summed E-state index contributed by atoms with van der Waals surface area (Å²) in [5.41, 5.74) is 0.718. The summed E-state index contributed by atoms with van der Waals surface area (Å²) < 4.78 is 5.72. The van der Waals surface area contributed by atoms with Gasteiger partial charge in [0.1, 0.15) is 17.3 Å². The Morgan fingerprint density at radius 2 is 1.84 bits per heavy atom. The van der Waals surface area contributed by atoms with Crippen LogP contribution >= 0.6 is 11.8 Å². The molecule has 0 atom stereocenters. The summed E-state index contributed by atoms with van der Waals surface area (Å²) >= 11 is 1.30. The molecule has 0 aliphatic rings. The summed E-state index contributed by atoms with van der Waals surface area (Å²) in [6.45, 7) is 1.99. The van der Waals surface area contributed by atoms with E-state index < -0.39 is 0 Å². The Bertz CT molecular complexity index is 819. The second-order valence-corrected chi connectivity index (χ2v) is 6.14. The second kappa shape index (κ2) is 8.34. The van der Waals surface area contributed by atoms with Crippen LogP contribution in [-0.4, -0.2) is 26.8 Å². The molecule has 0 spiro atoms. The van der Waals surface area contributed by atoms with Crippen LogP contribution in [0, 0.1) is 0 Å². The van der Waals surface area contributed by atoms with E-state index in [0.29, 0.717) is 10.9 Å². The van der Waals surface area contributed by atoms with E-state index in [0.717, 1.165) is 23.7 Å². The van der Waals surface area contributed by atoms with Crippen LogP contribution in [0.5, 0.6) is 11.5 Å². The molecule has 7 heteroatoms. The number of H-pyrrole nitrogens is 1. The molecule has 1 amide bonds. The molecule has 0 aliphatic carbocycles. The molecular formula is C18H18N4O2S. The zero-order valence-corrected chi connectivity index (χ0v) is 14.5. The minimum atomic E-state index is -0.107. The van der Waals surface area contributed by atoms with E-state index in [1.54, 1.807) is 0 Å². The van der Waals surface area contributed by atoms with Crippen molar-refractivity contribution in [3.8, 4) is 11.5 Å². The fraction of sp³-hybridized carbons (Fsp3) is 0.167. The first kappa shape index (κ1) is 17.0. The highest BCUT2D eigenvalue weighted by atomic mass is 32.2. The number of nitrogens with one attached hydrogen (secondary N) is 2. The topological polar surface area (TPSA) is 79.9 Å². The van der Waals surface area contributed by atoms with Crippen molar-refractivity contribution in [1.29, 1.82) is 0 Å². The molecule has 0 radical (unpaired) electrons. The predicted octanol–water partition coefficient (Wildman–Crippen LogP) is 3.89. The van der Waals surface area contributed by atoms with Crippen LogP contribution in [0.25, 0.3) is 0 Å². The quantitative estimate of drug-likeness (QED) is 0.629. The Labute approximate surface area is 150 Å². The van der Waals surface area contributed by atoms with Gasteiger partial charge in [-0.1, -0.05) is 36.9 Å². The maximum atomic E-state index is 12.0. The molecule has 0 saturated carbocycles. The fourth-order valence-corrected chi connectivity index (χ4v) is 2.68. The summed E-state index contributed by atoms with van der Waals surface area (Å²) in [5, 5.41) is 10.3. The summed E-state index contributed by atoms with van der Waals surface area (Å²) in [4.78, 5) is 16.3. The number of nitrogens with zero attached hydrogens (tertiary/aromatic N) is 2. The number of anilines is 1. The third-order valence-electron chi connectivity index (χ3n) is 3.30. The van der Waals surface area contributed by atoms with Gasteiger partial charge in [0.15, 0.2) is 0 Å². The molecule has 1 heterocycles. The van der Waals surface area contributed by atoms with E-state index >= 15 is 0 Å². The molecule has 25 heavy (non-hydrogen) atoms. The molecule has 6 nitrogen and oxygen atoms in total. The van der Waals surface area contributed by atoms with Crippen molar-refractivity contribution >= 4 is 23.4 Å². The molecule has 3 rings (SSSR count). The van der Waals surface area contributed by atoms with Crippen LogP contribution in [0.2, 0.25) is 0 Å². The van der Waals surface area contributed by atoms with Crippen LogP contribution < -0.4 is 10.1 Å². The van der Waals surface area contributed by atoms with Gasteiger partial charge < -0.3 is 10.1 Å². The lowest BCUT2D eigenvalue weighted by Crippen LogP contribution is -2.14. The summed E-state index contributed by atoms with van der Waals surface area (Å²) in [5.74, 6) is 2.45. The zero-order valence-electron chi connectivity index (χ0n) is 13.7. The van der Waals surface area contributed by atoms with Crippen LogP contribution in [0.4, 0.5) is 5.69 Å². The van der Waals surface area contributed by atoms with E-state index in [1.807, 2.05) is 61.5 Å². The lowest BCUT2D eigenvalue weighted by atomic mass is 10.3. The second-order valence-electron chi connectivity index (χ2n) is 5.19. The molecule has 0 bridgehead atoms. The first-order valence-corrected chi connectivity index (χ1v) is 8.88. The molecule has 2 N–H and O–H groups in total. The van der Waals surface area contributed by atoms with Crippen molar-refractivity contribution in [2.75, 3.05) is 11.1 Å². The van der Waals surface area contributed by atoms with Crippen LogP contribution in [0.3, 0.4) is 0 Å². The zero-order chi connectivity index (χ0) is 17.5. The molecule has 0 aliphatic heterocycles. The number of rotatable bonds is 7. The third-order valence-corrected chi connectivity index (χ3v) is 4.14. The number of aromatic amines is 1. The number of aryl methyl sites for hydroxylation is 1. The van der Waals surface area contributed by atoms with Gasteiger partial charge in [0.05, 0.1) is 5.75 Å². The monoisotopic (exact) mass is 354 g/mol. The third kappa shape index (κ3) is 5.09. The van der Waals surface area contributed by atoms with Gasteiger partial charge in [0.2, 0.25) is 11.1 Å².